The van der Waals surface area contributed by atoms with Crippen molar-refractivity contribution in [3.05, 3.63) is 53.6 Å². The Labute approximate surface area is 184 Å². The Kier molecular flexibility index (Phi) is 9.55. The number of thioether (sulfide) groups is 1. The number of halogens is 3. The SMILES string of the molecule is CCCC(COc1ccc(C(F)(F)F)cc1)CSc1ccc(OCC(=O)O)c(CC)c1. The predicted molar refractivity (Wildman–Crippen MR) is 115 cm³/mol. The third-order valence-corrected chi connectivity index (χ3v) is 5.84. The first-order valence-electron chi connectivity index (χ1n) is 10.1. The molecule has 31 heavy (non-hydrogen) atoms. The molecule has 2 aromatic rings. The summed E-state index contributed by atoms with van der Waals surface area (Å²) >= 11 is 1.67. The summed E-state index contributed by atoms with van der Waals surface area (Å²) in [4.78, 5) is 11.8. The zero-order valence-corrected chi connectivity index (χ0v) is 18.4. The van der Waals surface area contributed by atoms with Crippen LogP contribution in [-0.2, 0) is 17.4 Å². The molecule has 0 aromatic heterocycles. The number of hydrogen-bond acceptors (Lipinski definition) is 4. The van der Waals surface area contributed by atoms with Gasteiger partial charge in [-0.3, -0.25) is 0 Å². The molecule has 0 saturated carbocycles. The third-order valence-electron chi connectivity index (χ3n) is 4.61. The molecule has 0 saturated heterocycles. The van der Waals surface area contributed by atoms with E-state index in [-0.39, 0.29) is 12.5 Å². The van der Waals surface area contributed by atoms with Gasteiger partial charge in [0, 0.05) is 16.6 Å². The van der Waals surface area contributed by atoms with Gasteiger partial charge >= 0.3 is 12.1 Å². The first-order chi connectivity index (χ1) is 14.7. The van der Waals surface area contributed by atoms with Crippen molar-refractivity contribution in [1.82, 2.24) is 0 Å². The fraction of sp³-hybridized carbons (Fsp3) is 0.435. The normalized spacial score (nSPS) is 12.4. The van der Waals surface area contributed by atoms with Crippen LogP contribution in [0.15, 0.2) is 47.4 Å². The summed E-state index contributed by atoms with van der Waals surface area (Å²) in [5.74, 6) is 1.02. The Hall–Kier alpha value is -2.35. The van der Waals surface area contributed by atoms with Gasteiger partial charge in [-0.2, -0.15) is 13.2 Å². The summed E-state index contributed by atoms with van der Waals surface area (Å²) in [5, 5.41) is 8.78. The highest BCUT2D eigenvalue weighted by atomic mass is 32.2. The fourth-order valence-corrected chi connectivity index (χ4v) is 4.07. The first-order valence-corrected chi connectivity index (χ1v) is 11.1. The van der Waals surface area contributed by atoms with Gasteiger partial charge in [0.2, 0.25) is 0 Å². The topological polar surface area (TPSA) is 55.8 Å². The number of carboxylic acids is 1. The number of rotatable bonds is 12. The van der Waals surface area contributed by atoms with Crippen LogP contribution in [-0.4, -0.2) is 30.0 Å². The maximum Gasteiger partial charge on any atom is 0.416 e. The summed E-state index contributed by atoms with van der Waals surface area (Å²) in [5.41, 5.74) is 0.252. The number of hydrogen-bond donors (Lipinski definition) is 1. The molecule has 1 unspecified atom stereocenters. The summed E-state index contributed by atoms with van der Waals surface area (Å²) < 4.78 is 49.1. The fourth-order valence-electron chi connectivity index (χ4n) is 2.99. The van der Waals surface area contributed by atoms with E-state index in [1.54, 1.807) is 17.8 Å². The molecule has 8 heteroatoms. The van der Waals surface area contributed by atoms with E-state index in [4.69, 9.17) is 14.6 Å². The van der Waals surface area contributed by atoms with Crippen LogP contribution >= 0.6 is 11.8 Å². The lowest BCUT2D eigenvalue weighted by Crippen LogP contribution is -2.15. The Bertz CT molecular complexity index is 838. The van der Waals surface area contributed by atoms with E-state index in [9.17, 15) is 18.0 Å². The lowest BCUT2D eigenvalue weighted by atomic mass is 10.1. The van der Waals surface area contributed by atoms with E-state index in [0.717, 1.165) is 47.6 Å². The van der Waals surface area contributed by atoms with Gasteiger partial charge in [0.15, 0.2) is 6.61 Å². The molecule has 0 heterocycles. The number of carbonyl (C=O) groups is 1. The Morgan fingerprint density at radius 2 is 1.81 bits per heavy atom. The van der Waals surface area contributed by atoms with E-state index in [1.807, 2.05) is 19.1 Å². The molecule has 0 fully saturated rings. The van der Waals surface area contributed by atoms with Crippen molar-refractivity contribution in [2.24, 2.45) is 5.92 Å². The van der Waals surface area contributed by atoms with Crippen LogP contribution in [0.2, 0.25) is 0 Å². The van der Waals surface area contributed by atoms with Crippen LogP contribution in [0.5, 0.6) is 11.5 Å². The largest absolute Gasteiger partial charge is 0.493 e. The third kappa shape index (κ3) is 8.36. The molecule has 0 aliphatic carbocycles. The minimum Gasteiger partial charge on any atom is -0.493 e. The maximum absolute atomic E-state index is 12.7. The first kappa shape index (κ1) is 24.9. The molecule has 0 bridgehead atoms. The smallest absolute Gasteiger partial charge is 0.416 e. The Balaban J connectivity index is 1.93. The van der Waals surface area contributed by atoms with Gasteiger partial charge in [-0.25, -0.2) is 4.79 Å². The van der Waals surface area contributed by atoms with Gasteiger partial charge in [0.05, 0.1) is 12.2 Å². The maximum atomic E-state index is 12.7. The molecule has 2 aromatic carbocycles. The monoisotopic (exact) mass is 456 g/mol. The average Bonchev–Trinajstić information content (AvgIpc) is 2.74. The van der Waals surface area contributed by atoms with Crippen LogP contribution in [0.1, 0.15) is 37.8 Å². The molecule has 170 valence electrons. The molecule has 4 nitrogen and oxygen atoms in total. The summed E-state index contributed by atoms with van der Waals surface area (Å²) in [6.07, 6.45) is -1.72. The predicted octanol–water partition coefficient (Wildman–Crippen LogP) is 6.32. The Morgan fingerprint density at radius 1 is 1.10 bits per heavy atom. The zero-order chi connectivity index (χ0) is 22.9. The number of aryl methyl sites for hydroxylation is 1. The van der Waals surface area contributed by atoms with Gasteiger partial charge in [-0.15, -0.1) is 11.8 Å². The average molecular weight is 457 g/mol. The van der Waals surface area contributed by atoms with Crippen molar-refractivity contribution in [3.8, 4) is 11.5 Å². The highest BCUT2D eigenvalue weighted by Gasteiger charge is 2.30. The van der Waals surface area contributed by atoms with Crippen molar-refractivity contribution < 1.29 is 32.5 Å². The number of alkyl halides is 3. The molecule has 2 rings (SSSR count). The van der Waals surface area contributed by atoms with Gasteiger partial charge < -0.3 is 14.6 Å². The highest BCUT2D eigenvalue weighted by Crippen LogP contribution is 2.31. The number of benzene rings is 2. The van der Waals surface area contributed by atoms with Crippen molar-refractivity contribution in [3.63, 3.8) is 0 Å². The lowest BCUT2D eigenvalue weighted by molar-refractivity contribution is -0.139. The Morgan fingerprint density at radius 3 is 2.39 bits per heavy atom. The number of ether oxygens (including phenoxy) is 2. The van der Waals surface area contributed by atoms with Crippen LogP contribution in [0.25, 0.3) is 0 Å². The molecule has 0 spiro atoms. The van der Waals surface area contributed by atoms with Crippen LogP contribution < -0.4 is 9.47 Å². The molecule has 0 aliphatic heterocycles. The summed E-state index contributed by atoms with van der Waals surface area (Å²) in [7, 11) is 0. The van der Waals surface area contributed by atoms with Crippen molar-refractivity contribution in [2.45, 2.75) is 44.2 Å². The molecular weight excluding hydrogens is 429 g/mol. The van der Waals surface area contributed by atoms with Crippen molar-refractivity contribution >= 4 is 17.7 Å². The van der Waals surface area contributed by atoms with Gasteiger partial charge in [0.1, 0.15) is 11.5 Å². The molecule has 0 aliphatic rings. The van der Waals surface area contributed by atoms with E-state index in [2.05, 4.69) is 6.92 Å². The van der Waals surface area contributed by atoms with Crippen LogP contribution in [0, 0.1) is 5.92 Å². The molecule has 0 amide bonds. The van der Waals surface area contributed by atoms with Crippen LogP contribution in [0.3, 0.4) is 0 Å². The zero-order valence-electron chi connectivity index (χ0n) is 17.6. The second-order valence-electron chi connectivity index (χ2n) is 7.10. The van der Waals surface area contributed by atoms with Gasteiger partial charge in [0.25, 0.3) is 0 Å². The highest BCUT2D eigenvalue weighted by molar-refractivity contribution is 7.99. The van der Waals surface area contributed by atoms with Crippen LogP contribution in [0.4, 0.5) is 13.2 Å². The number of aliphatic carboxylic acids is 1. The molecule has 0 radical (unpaired) electrons. The minimum absolute atomic E-state index is 0.241. The van der Waals surface area contributed by atoms with Crippen molar-refractivity contribution in [2.75, 3.05) is 19.0 Å². The van der Waals surface area contributed by atoms with Gasteiger partial charge in [-0.05, 0) is 60.9 Å². The minimum atomic E-state index is -4.36. The van der Waals surface area contributed by atoms with E-state index in [1.165, 1.54) is 12.1 Å². The van der Waals surface area contributed by atoms with E-state index in [0.29, 0.717) is 18.1 Å². The van der Waals surface area contributed by atoms with E-state index < -0.39 is 17.7 Å². The standard InChI is InChI=1S/C23H27F3O4S/c1-3-5-16(13-29-19-8-6-18(7-9-19)23(24,25)26)15-31-20-10-11-21(17(4-2)12-20)30-14-22(27)28/h6-12,16H,3-5,13-15H2,1-2H3,(H,27,28). The second kappa shape index (κ2) is 11.9. The van der Waals surface area contributed by atoms with Crippen molar-refractivity contribution in [1.29, 1.82) is 0 Å². The van der Waals surface area contributed by atoms with Gasteiger partial charge in [-0.1, -0.05) is 20.3 Å². The molecular formula is C23H27F3O4S. The second-order valence-corrected chi connectivity index (χ2v) is 8.20. The quantitative estimate of drug-likeness (QED) is 0.379. The van der Waals surface area contributed by atoms with E-state index >= 15 is 0 Å². The summed E-state index contributed by atoms with van der Waals surface area (Å²) in [6, 6.07) is 10.4. The number of carboxylic acid groups (broad SMARTS) is 1. The molecule has 1 atom stereocenters. The lowest BCUT2D eigenvalue weighted by Gasteiger charge is -2.18. The summed E-state index contributed by atoms with van der Waals surface area (Å²) in [6.45, 7) is 4.11. The molecule has 1 N–H and O–H groups in total.